The van der Waals surface area contributed by atoms with Crippen LogP contribution in [0.2, 0.25) is 0 Å². The van der Waals surface area contributed by atoms with Gasteiger partial charge in [0.15, 0.2) is 0 Å². The number of methoxy groups -OCH3 is 1. The van der Waals surface area contributed by atoms with Gasteiger partial charge in [0.25, 0.3) is 0 Å². The number of rotatable bonds is 8. The van der Waals surface area contributed by atoms with E-state index in [2.05, 4.69) is 5.32 Å². The van der Waals surface area contributed by atoms with Crippen molar-refractivity contribution < 1.29 is 14.3 Å². The van der Waals surface area contributed by atoms with Crippen molar-refractivity contribution in [2.75, 3.05) is 32.2 Å². The van der Waals surface area contributed by atoms with E-state index in [-0.39, 0.29) is 18.2 Å². The molecule has 0 spiro atoms. The topological polar surface area (TPSA) is 58.6 Å². The second kappa shape index (κ2) is 8.35. The monoisotopic (exact) mass is 366 g/mol. The number of benzene rings is 2. The summed E-state index contributed by atoms with van der Waals surface area (Å²) in [5.74, 6) is -0.139. The van der Waals surface area contributed by atoms with Gasteiger partial charge in [0.2, 0.25) is 11.8 Å². The number of carbonyl (C=O) groups is 2. The fourth-order valence-corrected chi connectivity index (χ4v) is 3.85. The molecule has 27 heavy (non-hydrogen) atoms. The van der Waals surface area contributed by atoms with E-state index in [1.54, 1.807) is 19.1 Å². The summed E-state index contributed by atoms with van der Waals surface area (Å²) >= 11 is 0. The molecule has 0 radical (unpaired) electrons. The van der Waals surface area contributed by atoms with Crippen molar-refractivity contribution in [1.29, 1.82) is 0 Å². The predicted octanol–water partition coefficient (Wildman–Crippen LogP) is 2.69. The Bertz CT molecular complexity index is 806. The van der Waals surface area contributed by atoms with Gasteiger partial charge in [0, 0.05) is 39.4 Å². The molecular weight excluding hydrogens is 340 g/mol. The van der Waals surface area contributed by atoms with Crippen molar-refractivity contribution in [3.05, 3.63) is 65.7 Å². The number of hydrogen-bond donors (Lipinski definition) is 1. The fraction of sp³-hybridized carbons (Fsp3) is 0.364. The highest BCUT2D eigenvalue weighted by molar-refractivity contribution is 6.09. The maximum absolute atomic E-state index is 13.3. The van der Waals surface area contributed by atoms with Crippen LogP contribution in [-0.2, 0) is 26.2 Å². The molecule has 0 bridgehead atoms. The number of amides is 2. The van der Waals surface area contributed by atoms with Gasteiger partial charge in [0.1, 0.15) is 0 Å². The van der Waals surface area contributed by atoms with Crippen molar-refractivity contribution in [1.82, 2.24) is 5.32 Å². The molecule has 0 saturated heterocycles. The average molecular weight is 366 g/mol. The van der Waals surface area contributed by atoms with Crippen LogP contribution in [0.25, 0.3) is 0 Å². The molecule has 1 atom stereocenters. The molecule has 142 valence electrons. The summed E-state index contributed by atoms with van der Waals surface area (Å²) in [4.78, 5) is 27.7. The number of nitrogens with one attached hydrogen (secondary N) is 1. The fourth-order valence-electron chi connectivity index (χ4n) is 3.85. The normalized spacial score (nSPS) is 18.4. The van der Waals surface area contributed by atoms with Crippen LogP contribution in [0.3, 0.4) is 0 Å². The molecule has 1 aliphatic heterocycles. The molecule has 1 N–H and O–H groups in total. The molecule has 0 aromatic heterocycles. The summed E-state index contributed by atoms with van der Waals surface area (Å²) < 4.78 is 5.02. The van der Waals surface area contributed by atoms with E-state index < -0.39 is 5.41 Å². The molecule has 0 unspecified atom stereocenters. The van der Waals surface area contributed by atoms with Crippen LogP contribution in [0.15, 0.2) is 54.6 Å². The third-order valence-corrected chi connectivity index (χ3v) is 5.15. The number of para-hydroxylation sites is 1. The van der Waals surface area contributed by atoms with Gasteiger partial charge in [-0.25, -0.2) is 0 Å². The van der Waals surface area contributed by atoms with E-state index in [1.807, 2.05) is 54.6 Å². The second-order valence-electron chi connectivity index (χ2n) is 7.00. The molecule has 2 aromatic carbocycles. The number of fused-ring (bicyclic) bond motifs is 1. The van der Waals surface area contributed by atoms with Crippen LogP contribution in [-0.4, -0.2) is 39.1 Å². The van der Waals surface area contributed by atoms with Crippen molar-refractivity contribution in [3.63, 3.8) is 0 Å². The molecule has 3 rings (SSSR count). The third-order valence-electron chi connectivity index (χ3n) is 5.15. The van der Waals surface area contributed by atoms with Crippen molar-refractivity contribution >= 4 is 17.5 Å². The van der Waals surface area contributed by atoms with Gasteiger partial charge in [-0.1, -0.05) is 48.5 Å². The minimum atomic E-state index is -0.877. The van der Waals surface area contributed by atoms with E-state index in [4.69, 9.17) is 4.74 Å². The molecule has 0 aliphatic carbocycles. The van der Waals surface area contributed by atoms with Crippen LogP contribution >= 0.6 is 0 Å². The summed E-state index contributed by atoms with van der Waals surface area (Å²) in [7, 11) is 3.42. The van der Waals surface area contributed by atoms with Gasteiger partial charge in [-0.3, -0.25) is 9.59 Å². The highest BCUT2D eigenvalue weighted by Crippen LogP contribution is 2.45. The minimum absolute atomic E-state index is 0.0282. The first-order valence-corrected chi connectivity index (χ1v) is 9.26. The number of anilines is 1. The molecule has 2 aromatic rings. The highest BCUT2D eigenvalue weighted by Gasteiger charge is 2.50. The predicted molar refractivity (Wildman–Crippen MR) is 106 cm³/mol. The Morgan fingerprint density at radius 3 is 2.56 bits per heavy atom. The van der Waals surface area contributed by atoms with Crippen molar-refractivity contribution in [3.8, 4) is 0 Å². The zero-order valence-corrected chi connectivity index (χ0v) is 15.9. The summed E-state index contributed by atoms with van der Waals surface area (Å²) in [6.07, 6.45) is 1.38. The Labute approximate surface area is 160 Å². The lowest BCUT2D eigenvalue weighted by Gasteiger charge is -2.28. The van der Waals surface area contributed by atoms with Gasteiger partial charge >= 0.3 is 0 Å². The molecular formula is C22H26N2O3. The third kappa shape index (κ3) is 3.88. The Hall–Kier alpha value is -2.66. The van der Waals surface area contributed by atoms with Gasteiger partial charge in [0.05, 0.1) is 5.41 Å². The smallest absolute Gasteiger partial charge is 0.238 e. The highest BCUT2D eigenvalue weighted by atomic mass is 16.5. The lowest BCUT2D eigenvalue weighted by Crippen LogP contribution is -2.44. The number of hydrogen-bond acceptors (Lipinski definition) is 3. The Morgan fingerprint density at radius 2 is 1.81 bits per heavy atom. The van der Waals surface area contributed by atoms with E-state index in [0.29, 0.717) is 19.6 Å². The molecule has 1 aliphatic rings. The van der Waals surface area contributed by atoms with Crippen molar-refractivity contribution in [2.24, 2.45) is 0 Å². The largest absolute Gasteiger partial charge is 0.385 e. The lowest BCUT2D eigenvalue weighted by molar-refractivity contribution is -0.129. The molecule has 1 heterocycles. The molecule has 2 amide bonds. The summed E-state index contributed by atoms with van der Waals surface area (Å²) in [6, 6.07) is 17.7. The first-order valence-electron chi connectivity index (χ1n) is 9.26. The van der Waals surface area contributed by atoms with Crippen LogP contribution in [0.1, 0.15) is 24.0 Å². The molecule has 0 fully saturated rings. The minimum Gasteiger partial charge on any atom is -0.385 e. The number of carbonyl (C=O) groups excluding carboxylic acids is 2. The Morgan fingerprint density at radius 1 is 1.11 bits per heavy atom. The van der Waals surface area contributed by atoms with E-state index >= 15 is 0 Å². The SMILES string of the molecule is COCCCNC(=O)C[C@]1(Cc2ccccc2)C(=O)N(C)c2ccccc21. The number of nitrogens with zero attached hydrogens (tertiary/aromatic N) is 1. The van der Waals surface area contributed by atoms with Gasteiger partial charge < -0.3 is 15.0 Å². The Kier molecular flexibility index (Phi) is 5.91. The van der Waals surface area contributed by atoms with E-state index in [1.165, 1.54) is 0 Å². The maximum Gasteiger partial charge on any atom is 0.238 e. The molecule has 5 nitrogen and oxygen atoms in total. The van der Waals surface area contributed by atoms with Gasteiger partial charge in [-0.05, 0) is 30.0 Å². The summed E-state index contributed by atoms with van der Waals surface area (Å²) in [5.41, 5.74) is 1.97. The van der Waals surface area contributed by atoms with Gasteiger partial charge in [-0.2, -0.15) is 0 Å². The second-order valence-corrected chi connectivity index (χ2v) is 7.00. The average Bonchev–Trinajstić information content (AvgIpc) is 2.89. The van der Waals surface area contributed by atoms with Crippen LogP contribution in [0, 0.1) is 0 Å². The van der Waals surface area contributed by atoms with E-state index in [9.17, 15) is 9.59 Å². The van der Waals surface area contributed by atoms with Crippen molar-refractivity contribution in [2.45, 2.75) is 24.7 Å². The van der Waals surface area contributed by atoms with E-state index in [0.717, 1.165) is 23.2 Å². The first kappa shape index (κ1) is 19.1. The van der Waals surface area contributed by atoms with Crippen LogP contribution in [0.5, 0.6) is 0 Å². The number of ether oxygens (including phenoxy) is 1. The molecule has 0 saturated carbocycles. The lowest BCUT2D eigenvalue weighted by atomic mass is 9.73. The zero-order chi connectivity index (χ0) is 19.3. The number of likely N-dealkylation sites (N-methyl/N-ethyl adjacent to an activating group) is 1. The quantitative estimate of drug-likeness (QED) is 0.731. The van der Waals surface area contributed by atoms with Gasteiger partial charge in [-0.15, -0.1) is 0 Å². The maximum atomic E-state index is 13.3. The first-order chi connectivity index (χ1) is 13.1. The van der Waals surface area contributed by atoms with Crippen LogP contribution < -0.4 is 10.2 Å². The summed E-state index contributed by atoms with van der Waals surface area (Å²) in [6.45, 7) is 1.14. The zero-order valence-electron chi connectivity index (χ0n) is 15.9. The summed E-state index contributed by atoms with van der Waals surface area (Å²) in [5, 5.41) is 2.93. The van der Waals surface area contributed by atoms with Crippen LogP contribution in [0.4, 0.5) is 5.69 Å². The molecule has 5 heteroatoms. The Balaban J connectivity index is 1.91. The standard InChI is InChI=1S/C22H26N2O3/c1-24-19-12-7-6-11-18(19)22(21(24)26,15-17-9-4-3-5-10-17)16-20(25)23-13-8-14-27-2/h3-7,9-12H,8,13-16H2,1-2H3,(H,23,25)/t22-/m0/s1.